The minimum atomic E-state index is -0.456. The monoisotopic (exact) mass is 247 g/mol. The predicted octanol–water partition coefficient (Wildman–Crippen LogP) is 1.47. The van der Waals surface area contributed by atoms with Gasteiger partial charge in [-0.25, -0.2) is 9.78 Å². The third-order valence-electron chi connectivity index (χ3n) is 2.26. The molecular weight excluding hydrogens is 234 g/mol. The van der Waals surface area contributed by atoms with Crippen LogP contribution in [0.1, 0.15) is 24.3 Å². The second-order valence-electron chi connectivity index (χ2n) is 3.71. The number of aromatic nitrogens is 2. The number of imidazole rings is 1. The lowest BCUT2D eigenvalue weighted by molar-refractivity contribution is -0.114. The lowest BCUT2D eigenvalue weighted by Crippen LogP contribution is -2.06. The van der Waals surface area contributed by atoms with E-state index >= 15 is 0 Å². The van der Waals surface area contributed by atoms with E-state index in [9.17, 15) is 9.59 Å². The standard InChI is InChI=1S/C12H13N3O3/c1-3-18-12(17)10-7-15-6-9(13-8(2)16)4-5-11(15)14-10/h4-7H,3H2,1-2H3,(H,13,16). The summed E-state index contributed by atoms with van der Waals surface area (Å²) < 4.78 is 6.53. The molecule has 2 rings (SSSR count). The van der Waals surface area contributed by atoms with E-state index in [0.29, 0.717) is 17.9 Å². The molecule has 0 bridgehead atoms. The number of fused-ring (bicyclic) bond motifs is 1. The zero-order valence-corrected chi connectivity index (χ0v) is 10.1. The Balaban J connectivity index is 2.33. The van der Waals surface area contributed by atoms with Crippen LogP contribution in [0.2, 0.25) is 0 Å². The molecule has 94 valence electrons. The van der Waals surface area contributed by atoms with Crippen molar-refractivity contribution in [2.24, 2.45) is 0 Å². The Morgan fingerprint density at radius 2 is 2.17 bits per heavy atom. The number of hydrogen-bond acceptors (Lipinski definition) is 4. The maximum Gasteiger partial charge on any atom is 0.358 e. The van der Waals surface area contributed by atoms with Gasteiger partial charge in [0.2, 0.25) is 5.91 Å². The van der Waals surface area contributed by atoms with Crippen LogP contribution in [0.4, 0.5) is 5.69 Å². The minimum absolute atomic E-state index is 0.153. The highest BCUT2D eigenvalue weighted by Gasteiger charge is 2.11. The molecule has 0 saturated heterocycles. The fourth-order valence-corrected chi connectivity index (χ4v) is 1.57. The van der Waals surface area contributed by atoms with Gasteiger partial charge in [-0.05, 0) is 19.1 Å². The molecule has 2 aromatic rings. The molecule has 2 aromatic heterocycles. The molecule has 2 heterocycles. The quantitative estimate of drug-likeness (QED) is 0.833. The van der Waals surface area contributed by atoms with Gasteiger partial charge in [0.1, 0.15) is 5.65 Å². The van der Waals surface area contributed by atoms with E-state index in [1.165, 1.54) is 6.92 Å². The Morgan fingerprint density at radius 1 is 1.39 bits per heavy atom. The predicted molar refractivity (Wildman–Crippen MR) is 65.5 cm³/mol. The van der Waals surface area contributed by atoms with Gasteiger partial charge in [-0.15, -0.1) is 0 Å². The first kappa shape index (κ1) is 12.1. The minimum Gasteiger partial charge on any atom is -0.461 e. The number of nitrogens with one attached hydrogen (secondary N) is 1. The Hall–Kier alpha value is -2.37. The molecule has 0 aliphatic carbocycles. The maximum absolute atomic E-state index is 11.5. The summed E-state index contributed by atoms with van der Waals surface area (Å²) in [4.78, 5) is 26.6. The maximum atomic E-state index is 11.5. The molecule has 0 atom stereocenters. The molecule has 0 aliphatic heterocycles. The molecule has 6 nitrogen and oxygen atoms in total. The normalized spacial score (nSPS) is 10.3. The number of amides is 1. The number of pyridine rings is 1. The van der Waals surface area contributed by atoms with E-state index in [-0.39, 0.29) is 11.6 Å². The first-order valence-corrected chi connectivity index (χ1v) is 5.53. The number of nitrogens with zero attached hydrogens (tertiary/aromatic N) is 2. The zero-order chi connectivity index (χ0) is 13.1. The van der Waals surface area contributed by atoms with Gasteiger partial charge in [-0.1, -0.05) is 0 Å². The van der Waals surface area contributed by atoms with E-state index < -0.39 is 5.97 Å². The van der Waals surface area contributed by atoms with Crippen molar-refractivity contribution in [1.82, 2.24) is 9.38 Å². The number of carbonyl (C=O) groups excluding carboxylic acids is 2. The summed E-state index contributed by atoms with van der Waals surface area (Å²) >= 11 is 0. The van der Waals surface area contributed by atoms with Crippen molar-refractivity contribution in [1.29, 1.82) is 0 Å². The van der Waals surface area contributed by atoms with Gasteiger partial charge in [0.25, 0.3) is 0 Å². The van der Waals surface area contributed by atoms with Crippen molar-refractivity contribution in [2.75, 3.05) is 11.9 Å². The van der Waals surface area contributed by atoms with Crippen LogP contribution in [0, 0.1) is 0 Å². The van der Waals surface area contributed by atoms with Crippen LogP contribution in [0.5, 0.6) is 0 Å². The molecule has 1 N–H and O–H groups in total. The second-order valence-corrected chi connectivity index (χ2v) is 3.71. The van der Waals surface area contributed by atoms with Crippen LogP contribution < -0.4 is 5.32 Å². The van der Waals surface area contributed by atoms with Crippen molar-refractivity contribution >= 4 is 23.2 Å². The van der Waals surface area contributed by atoms with Crippen LogP contribution in [-0.4, -0.2) is 27.9 Å². The lowest BCUT2D eigenvalue weighted by Gasteiger charge is -2.01. The summed E-state index contributed by atoms with van der Waals surface area (Å²) in [6.45, 7) is 3.48. The number of rotatable bonds is 3. The molecule has 1 amide bonds. The first-order valence-electron chi connectivity index (χ1n) is 5.53. The highest BCUT2D eigenvalue weighted by Crippen LogP contribution is 2.12. The number of ether oxygens (including phenoxy) is 1. The molecule has 6 heteroatoms. The molecule has 0 saturated carbocycles. The number of anilines is 1. The highest BCUT2D eigenvalue weighted by molar-refractivity contribution is 5.89. The fraction of sp³-hybridized carbons (Fsp3) is 0.250. The van der Waals surface area contributed by atoms with Crippen molar-refractivity contribution in [3.05, 3.63) is 30.2 Å². The van der Waals surface area contributed by atoms with Gasteiger partial charge >= 0.3 is 5.97 Å². The van der Waals surface area contributed by atoms with Crippen LogP contribution in [0.15, 0.2) is 24.5 Å². The van der Waals surface area contributed by atoms with Crippen molar-refractivity contribution in [3.63, 3.8) is 0 Å². The highest BCUT2D eigenvalue weighted by atomic mass is 16.5. The zero-order valence-electron chi connectivity index (χ0n) is 10.1. The van der Waals surface area contributed by atoms with Gasteiger partial charge < -0.3 is 14.5 Å². The number of hydrogen-bond donors (Lipinski definition) is 1. The fourth-order valence-electron chi connectivity index (χ4n) is 1.57. The van der Waals surface area contributed by atoms with Crippen molar-refractivity contribution in [3.8, 4) is 0 Å². The van der Waals surface area contributed by atoms with Gasteiger partial charge in [-0.3, -0.25) is 4.79 Å². The van der Waals surface area contributed by atoms with Gasteiger partial charge in [0.05, 0.1) is 12.3 Å². The van der Waals surface area contributed by atoms with Gasteiger partial charge in [0, 0.05) is 19.3 Å². The summed E-state index contributed by atoms with van der Waals surface area (Å²) in [5, 5.41) is 2.66. The lowest BCUT2D eigenvalue weighted by atomic mass is 10.4. The summed E-state index contributed by atoms with van der Waals surface area (Å²) in [7, 11) is 0. The average molecular weight is 247 g/mol. The Kier molecular flexibility index (Phi) is 3.27. The molecule has 0 fully saturated rings. The third-order valence-corrected chi connectivity index (χ3v) is 2.26. The van der Waals surface area contributed by atoms with E-state index in [4.69, 9.17) is 4.74 Å². The largest absolute Gasteiger partial charge is 0.461 e. The molecule has 18 heavy (non-hydrogen) atoms. The van der Waals surface area contributed by atoms with E-state index in [1.807, 2.05) is 0 Å². The summed E-state index contributed by atoms with van der Waals surface area (Å²) in [6, 6.07) is 3.44. The smallest absolute Gasteiger partial charge is 0.358 e. The molecule has 0 aliphatic rings. The average Bonchev–Trinajstić information content (AvgIpc) is 2.71. The first-order chi connectivity index (χ1) is 8.60. The Bertz CT molecular complexity index is 604. The molecule has 0 unspecified atom stereocenters. The summed E-state index contributed by atoms with van der Waals surface area (Å²) in [6.07, 6.45) is 3.26. The Labute approximate surface area is 104 Å². The van der Waals surface area contributed by atoms with E-state index in [1.54, 1.807) is 35.9 Å². The van der Waals surface area contributed by atoms with Gasteiger partial charge in [0.15, 0.2) is 5.69 Å². The topological polar surface area (TPSA) is 72.7 Å². The molecule has 0 aromatic carbocycles. The van der Waals surface area contributed by atoms with Crippen molar-refractivity contribution in [2.45, 2.75) is 13.8 Å². The van der Waals surface area contributed by atoms with E-state index in [0.717, 1.165) is 0 Å². The summed E-state index contributed by atoms with van der Waals surface area (Å²) in [5.74, 6) is -0.609. The molecule has 0 spiro atoms. The third kappa shape index (κ3) is 2.48. The van der Waals surface area contributed by atoms with Crippen LogP contribution in [0.3, 0.4) is 0 Å². The number of carbonyl (C=O) groups is 2. The van der Waals surface area contributed by atoms with Crippen LogP contribution in [0.25, 0.3) is 5.65 Å². The SMILES string of the molecule is CCOC(=O)c1cn2cc(NC(C)=O)ccc2n1. The van der Waals surface area contributed by atoms with Crippen LogP contribution >= 0.6 is 0 Å². The van der Waals surface area contributed by atoms with Crippen molar-refractivity contribution < 1.29 is 14.3 Å². The molecular formula is C12H13N3O3. The summed E-state index contributed by atoms with van der Waals surface area (Å²) in [5.41, 5.74) is 1.51. The number of esters is 1. The van der Waals surface area contributed by atoms with Crippen LogP contribution in [-0.2, 0) is 9.53 Å². The van der Waals surface area contributed by atoms with Gasteiger partial charge in [-0.2, -0.15) is 0 Å². The second kappa shape index (κ2) is 4.87. The Morgan fingerprint density at radius 3 is 2.83 bits per heavy atom. The van der Waals surface area contributed by atoms with E-state index in [2.05, 4.69) is 10.3 Å². The molecule has 0 radical (unpaired) electrons.